The van der Waals surface area contributed by atoms with Gasteiger partial charge in [-0.15, -0.1) is 0 Å². The monoisotopic (exact) mass is 329 g/mol. The molecular formula is C21H31NO2. The van der Waals surface area contributed by atoms with Crippen molar-refractivity contribution in [1.82, 2.24) is 4.90 Å². The summed E-state index contributed by atoms with van der Waals surface area (Å²) in [6.45, 7) is 6.81. The third-order valence-electron chi connectivity index (χ3n) is 8.29. The summed E-state index contributed by atoms with van der Waals surface area (Å²) < 4.78 is 0. The standard InChI is InChI=1S/C21H31NO2/c1-5-13-12-14-15-6-7-17(23)20(15,2)10-8-16(14)21(3)11-9-18(24)22(4)19(13)21/h5,9,11,14-17,19,23H,6-8,10,12H2,1-4H3/b13-5+/t14-,15-,16-,17-,19+,20-,21+/m0/s1. The van der Waals surface area contributed by atoms with Crippen LogP contribution in [0.15, 0.2) is 23.8 Å². The van der Waals surface area contributed by atoms with Crippen molar-refractivity contribution < 1.29 is 9.90 Å². The summed E-state index contributed by atoms with van der Waals surface area (Å²) in [5.74, 6) is 2.00. The van der Waals surface area contributed by atoms with E-state index in [4.69, 9.17) is 0 Å². The molecule has 0 radical (unpaired) electrons. The third-order valence-corrected chi connectivity index (χ3v) is 8.29. The summed E-state index contributed by atoms with van der Waals surface area (Å²) in [5.41, 5.74) is 1.55. The second-order valence-corrected chi connectivity index (χ2v) is 9.13. The summed E-state index contributed by atoms with van der Waals surface area (Å²) >= 11 is 0. The van der Waals surface area contributed by atoms with Gasteiger partial charge in [-0.25, -0.2) is 0 Å². The number of aliphatic hydroxyl groups is 1. The second-order valence-electron chi connectivity index (χ2n) is 9.13. The van der Waals surface area contributed by atoms with E-state index in [-0.39, 0.29) is 28.9 Å². The lowest BCUT2D eigenvalue weighted by molar-refractivity contribution is -0.135. The fraction of sp³-hybridized carbons (Fsp3) is 0.762. The van der Waals surface area contributed by atoms with Gasteiger partial charge in [0.15, 0.2) is 0 Å². The van der Waals surface area contributed by atoms with Crippen LogP contribution in [0.25, 0.3) is 0 Å². The molecule has 4 aliphatic rings. The number of rotatable bonds is 0. The van der Waals surface area contributed by atoms with Crippen LogP contribution in [-0.4, -0.2) is 35.1 Å². The number of fused-ring (bicyclic) bond motifs is 5. The van der Waals surface area contributed by atoms with Crippen LogP contribution in [0.4, 0.5) is 0 Å². The van der Waals surface area contributed by atoms with E-state index < -0.39 is 0 Å². The van der Waals surface area contributed by atoms with Crippen molar-refractivity contribution in [3.8, 4) is 0 Å². The first-order valence-corrected chi connectivity index (χ1v) is 9.62. The molecule has 0 spiro atoms. The molecule has 132 valence electrons. The first-order chi connectivity index (χ1) is 11.3. The minimum atomic E-state index is -0.130. The summed E-state index contributed by atoms with van der Waals surface area (Å²) in [6.07, 6.45) is 11.6. The van der Waals surface area contributed by atoms with Crippen molar-refractivity contribution in [2.24, 2.45) is 28.6 Å². The SMILES string of the molecule is C/C=C1\C[C@@H]2[C@H](CC[C@]3(C)[C@@H](O)CC[C@@H]23)[C@@]2(C)C=CC(=O)N(C)[C@H]12. The van der Waals surface area contributed by atoms with Gasteiger partial charge in [0, 0.05) is 12.5 Å². The number of hydrogen-bond acceptors (Lipinski definition) is 2. The smallest absolute Gasteiger partial charge is 0.246 e. The Bertz CT molecular complexity index is 623. The van der Waals surface area contributed by atoms with Crippen LogP contribution in [0.5, 0.6) is 0 Å². The van der Waals surface area contributed by atoms with Crippen LogP contribution in [0, 0.1) is 28.6 Å². The average molecular weight is 329 g/mol. The van der Waals surface area contributed by atoms with E-state index in [0.29, 0.717) is 17.8 Å². The van der Waals surface area contributed by atoms with Crippen LogP contribution in [-0.2, 0) is 4.79 Å². The van der Waals surface area contributed by atoms with Gasteiger partial charge in [-0.2, -0.15) is 0 Å². The van der Waals surface area contributed by atoms with Crippen LogP contribution in [0.3, 0.4) is 0 Å². The highest BCUT2D eigenvalue weighted by Gasteiger charge is 2.61. The first-order valence-electron chi connectivity index (χ1n) is 9.62. The van der Waals surface area contributed by atoms with Gasteiger partial charge in [0.05, 0.1) is 12.1 Å². The van der Waals surface area contributed by atoms with E-state index in [1.54, 1.807) is 6.08 Å². The molecule has 1 N–H and O–H groups in total. The maximum atomic E-state index is 12.3. The molecule has 0 aromatic rings. The number of amides is 1. The minimum Gasteiger partial charge on any atom is -0.393 e. The Morgan fingerprint density at radius 1 is 1.25 bits per heavy atom. The summed E-state index contributed by atoms with van der Waals surface area (Å²) in [7, 11) is 1.96. The van der Waals surface area contributed by atoms with E-state index >= 15 is 0 Å². The minimum absolute atomic E-state index is 0.0301. The normalized spacial score (nSPS) is 52.2. The average Bonchev–Trinajstić information content (AvgIpc) is 2.86. The predicted octanol–water partition coefficient (Wildman–Crippen LogP) is 3.54. The van der Waals surface area contributed by atoms with Crippen molar-refractivity contribution in [2.75, 3.05) is 7.05 Å². The van der Waals surface area contributed by atoms with E-state index in [9.17, 15) is 9.90 Å². The van der Waals surface area contributed by atoms with E-state index in [0.717, 1.165) is 25.7 Å². The molecule has 3 aliphatic carbocycles. The molecule has 0 bridgehead atoms. The number of aliphatic hydroxyl groups excluding tert-OH is 1. The lowest BCUT2D eigenvalue weighted by Gasteiger charge is -2.60. The van der Waals surface area contributed by atoms with Crippen molar-refractivity contribution in [2.45, 2.75) is 65.0 Å². The Hall–Kier alpha value is -1.09. The Morgan fingerprint density at radius 2 is 2.00 bits per heavy atom. The van der Waals surface area contributed by atoms with Crippen molar-refractivity contribution >= 4 is 5.91 Å². The summed E-state index contributed by atoms with van der Waals surface area (Å²) in [4.78, 5) is 14.2. The van der Waals surface area contributed by atoms with Crippen LogP contribution in [0.2, 0.25) is 0 Å². The van der Waals surface area contributed by atoms with Crippen LogP contribution < -0.4 is 0 Å². The highest BCUT2D eigenvalue weighted by Crippen LogP contribution is 2.64. The molecule has 1 amide bonds. The molecule has 0 aromatic heterocycles. The van der Waals surface area contributed by atoms with Crippen molar-refractivity contribution in [3.05, 3.63) is 23.8 Å². The second kappa shape index (κ2) is 5.20. The quantitative estimate of drug-likeness (QED) is 0.691. The zero-order chi connectivity index (χ0) is 17.3. The van der Waals surface area contributed by atoms with Crippen LogP contribution >= 0.6 is 0 Å². The highest BCUT2D eigenvalue weighted by atomic mass is 16.3. The Labute approximate surface area is 145 Å². The van der Waals surface area contributed by atoms with Gasteiger partial charge in [0.2, 0.25) is 5.91 Å². The van der Waals surface area contributed by atoms with Gasteiger partial charge in [-0.1, -0.05) is 31.6 Å². The maximum absolute atomic E-state index is 12.3. The number of likely N-dealkylation sites (N-methyl/N-ethyl adjacent to an activating group) is 1. The van der Waals surface area contributed by atoms with Crippen molar-refractivity contribution in [1.29, 1.82) is 0 Å². The molecule has 1 aliphatic heterocycles. The molecule has 7 atom stereocenters. The van der Waals surface area contributed by atoms with Gasteiger partial charge < -0.3 is 10.0 Å². The summed E-state index contributed by atoms with van der Waals surface area (Å²) in [6, 6.07) is 0.205. The maximum Gasteiger partial charge on any atom is 0.246 e. The molecule has 3 saturated carbocycles. The fourth-order valence-electron chi connectivity index (χ4n) is 6.96. The third kappa shape index (κ3) is 1.91. The zero-order valence-corrected chi connectivity index (χ0v) is 15.5. The lowest BCUT2D eigenvalue weighted by Crippen LogP contribution is -2.60. The molecule has 3 heteroatoms. The first kappa shape index (κ1) is 16.4. The number of hydrogen-bond donors (Lipinski definition) is 1. The van der Waals surface area contributed by atoms with Gasteiger partial charge in [-0.05, 0) is 68.3 Å². The topological polar surface area (TPSA) is 40.5 Å². The predicted molar refractivity (Wildman–Crippen MR) is 95.2 cm³/mol. The van der Waals surface area contributed by atoms with E-state index in [1.165, 1.54) is 12.0 Å². The Kier molecular flexibility index (Phi) is 3.55. The molecule has 4 rings (SSSR count). The van der Waals surface area contributed by atoms with Crippen LogP contribution in [0.1, 0.15) is 52.9 Å². The molecule has 0 aromatic carbocycles. The fourth-order valence-corrected chi connectivity index (χ4v) is 6.96. The van der Waals surface area contributed by atoms with Gasteiger partial charge in [0.1, 0.15) is 0 Å². The molecule has 3 nitrogen and oxygen atoms in total. The van der Waals surface area contributed by atoms with E-state index in [2.05, 4.69) is 32.9 Å². The number of carbonyl (C=O) groups excluding carboxylic acids is 1. The van der Waals surface area contributed by atoms with E-state index in [1.807, 2.05) is 11.9 Å². The number of nitrogens with zero attached hydrogens (tertiary/aromatic N) is 1. The molecule has 1 heterocycles. The van der Waals surface area contributed by atoms with Gasteiger partial charge in [-0.3, -0.25) is 4.79 Å². The lowest BCUT2D eigenvalue weighted by atomic mass is 9.47. The summed E-state index contributed by atoms with van der Waals surface area (Å²) in [5, 5.41) is 10.6. The highest BCUT2D eigenvalue weighted by molar-refractivity contribution is 5.89. The zero-order valence-electron chi connectivity index (χ0n) is 15.5. The Morgan fingerprint density at radius 3 is 2.71 bits per heavy atom. The number of carbonyl (C=O) groups is 1. The largest absolute Gasteiger partial charge is 0.393 e. The van der Waals surface area contributed by atoms with Crippen molar-refractivity contribution in [3.63, 3.8) is 0 Å². The Balaban J connectivity index is 1.78. The number of allylic oxidation sites excluding steroid dienone is 1. The van der Waals surface area contributed by atoms with Gasteiger partial charge >= 0.3 is 0 Å². The molecule has 3 fully saturated rings. The van der Waals surface area contributed by atoms with Gasteiger partial charge in [0.25, 0.3) is 0 Å². The molecule has 24 heavy (non-hydrogen) atoms. The molecule has 0 saturated heterocycles. The molecular weight excluding hydrogens is 298 g/mol. The molecule has 0 unspecified atom stereocenters.